The summed E-state index contributed by atoms with van der Waals surface area (Å²) in [5.41, 5.74) is -0.896. The summed E-state index contributed by atoms with van der Waals surface area (Å²) in [4.78, 5) is 20.1. The summed E-state index contributed by atoms with van der Waals surface area (Å²) in [6, 6.07) is 3.96. The van der Waals surface area contributed by atoms with E-state index in [1.165, 1.54) is 11.3 Å². The Morgan fingerprint density at radius 3 is 2.80 bits per heavy atom. The molecule has 0 unspecified atom stereocenters. The van der Waals surface area contributed by atoms with Gasteiger partial charge >= 0.3 is 0 Å². The minimum absolute atomic E-state index is 0.0741. The van der Waals surface area contributed by atoms with Crippen molar-refractivity contribution >= 4 is 28.6 Å². The normalized spacial score (nSPS) is 11.6. The summed E-state index contributed by atoms with van der Waals surface area (Å²) in [6.45, 7) is 6.19. The highest BCUT2D eigenvalue weighted by Crippen LogP contribution is 2.29. The molecule has 0 radical (unpaired) electrons. The average molecular weight is 310 g/mol. The fourth-order valence-corrected chi connectivity index (χ4v) is 3.53. The van der Waals surface area contributed by atoms with Gasteiger partial charge in [0.1, 0.15) is 9.88 Å². The van der Waals surface area contributed by atoms with Crippen molar-refractivity contribution in [2.45, 2.75) is 26.4 Å². The molecule has 0 aliphatic heterocycles. The minimum atomic E-state index is -0.896. The van der Waals surface area contributed by atoms with Crippen LogP contribution in [-0.4, -0.2) is 39.6 Å². The molecule has 20 heavy (non-hydrogen) atoms. The molecule has 0 aliphatic rings. The summed E-state index contributed by atoms with van der Waals surface area (Å²) in [5.74, 6) is -0.0741. The number of rotatable bonds is 5. The first-order valence-electron chi connectivity index (χ1n) is 6.42. The lowest BCUT2D eigenvalue weighted by molar-refractivity contribution is 0.0317. The van der Waals surface area contributed by atoms with Crippen LogP contribution in [0.2, 0.25) is 0 Å². The van der Waals surface area contributed by atoms with E-state index in [4.69, 9.17) is 0 Å². The van der Waals surface area contributed by atoms with Gasteiger partial charge in [0.15, 0.2) is 0 Å². The first-order valence-corrected chi connectivity index (χ1v) is 8.11. The zero-order chi connectivity index (χ0) is 14.8. The van der Waals surface area contributed by atoms with E-state index in [1.54, 1.807) is 36.3 Å². The number of carbonyl (C=O) groups excluding carboxylic acids is 1. The lowest BCUT2D eigenvalue weighted by atomic mass is 10.1. The summed E-state index contributed by atoms with van der Waals surface area (Å²) < 4.78 is 0. The summed E-state index contributed by atoms with van der Waals surface area (Å²) in [5, 5.41) is 12.7. The molecule has 0 saturated heterocycles. The monoisotopic (exact) mass is 310 g/mol. The van der Waals surface area contributed by atoms with E-state index in [0.717, 1.165) is 9.88 Å². The molecular formula is C14H18N2O2S2. The molecule has 4 nitrogen and oxygen atoms in total. The van der Waals surface area contributed by atoms with Crippen molar-refractivity contribution in [1.29, 1.82) is 0 Å². The highest BCUT2D eigenvalue weighted by molar-refractivity contribution is 7.21. The van der Waals surface area contributed by atoms with Gasteiger partial charge in [-0.25, -0.2) is 4.98 Å². The Balaban J connectivity index is 2.16. The maximum Gasteiger partial charge on any atom is 0.265 e. The Morgan fingerprint density at radius 1 is 1.50 bits per heavy atom. The number of hydrogen-bond acceptors (Lipinski definition) is 5. The molecule has 0 spiro atoms. The molecule has 0 fully saturated rings. The number of amides is 1. The number of aromatic nitrogens is 1. The number of carbonyl (C=O) groups is 1. The molecule has 1 amide bonds. The molecule has 108 valence electrons. The van der Waals surface area contributed by atoms with Crippen molar-refractivity contribution in [3.8, 4) is 9.88 Å². The molecule has 6 heteroatoms. The Hall–Kier alpha value is -1.24. The summed E-state index contributed by atoms with van der Waals surface area (Å²) >= 11 is 3.00. The third-order valence-electron chi connectivity index (χ3n) is 2.70. The molecule has 2 aromatic rings. The van der Waals surface area contributed by atoms with Crippen LogP contribution in [0.1, 0.15) is 30.4 Å². The predicted molar refractivity (Wildman–Crippen MR) is 83.3 cm³/mol. The van der Waals surface area contributed by atoms with E-state index in [9.17, 15) is 9.90 Å². The first-order chi connectivity index (χ1) is 9.40. The predicted octanol–water partition coefficient (Wildman–Crippen LogP) is 3.10. The quantitative estimate of drug-likeness (QED) is 0.923. The average Bonchev–Trinajstić information content (AvgIpc) is 3.03. The smallest absolute Gasteiger partial charge is 0.265 e. The third-order valence-corrected chi connectivity index (χ3v) is 4.72. The van der Waals surface area contributed by atoms with Crippen LogP contribution in [0, 0.1) is 0 Å². The zero-order valence-electron chi connectivity index (χ0n) is 11.8. The summed E-state index contributed by atoms with van der Waals surface area (Å²) in [6.07, 6.45) is 1.62. The molecule has 2 aromatic heterocycles. The van der Waals surface area contributed by atoms with E-state index in [-0.39, 0.29) is 5.91 Å². The molecule has 0 aliphatic carbocycles. The Morgan fingerprint density at radius 2 is 2.25 bits per heavy atom. The van der Waals surface area contributed by atoms with Gasteiger partial charge in [-0.3, -0.25) is 4.79 Å². The largest absolute Gasteiger partial charge is 0.389 e. The molecule has 1 N–H and O–H groups in total. The van der Waals surface area contributed by atoms with Gasteiger partial charge in [0, 0.05) is 13.1 Å². The second kappa shape index (κ2) is 6.03. The SMILES string of the molecule is CCN(CC(C)(C)O)C(=O)c1cnc(-c2cccs2)s1. The zero-order valence-corrected chi connectivity index (χ0v) is 13.4. The molecule has 0 saturated carbocycles. The standard InChI is InChI=1S/C14H18N2O2S2/c1-4-16(9-14(2,3)18)13(17)11-8-15-12(20-11)10-6-5-7-19-10/h5-8,18H,4,9H2,1-3H3. The Bertz CT molecular complexity index is 570. The lowest BCUT2D eigenvalue weighted by Gasteiger charge is -2.27. The second-order valence-corrected chi connectivity index (χ2v) is 7.12. The van der Waals surface area contributed by atoms with Crippen LogP contribution in [0.15, 0.2) is 23.7 Å². The van der Waals surface area contributed by atoms with Gasteiger partial charge in [-0.05, 0) is 32.2 Å². The van der Waals surface area contributed by atoms with Gasteiger partial charge in [0.2, 0.25) is 0 Å². The topological polar surface area (TPSA) is 53.4 Å². The van der Waals surface area contributed by atoms with Crippen molar-refractivity contribution in [3.05, 3.63) is 28.6 Å². The maximum atomic E-state index is 12.4. The van der Waals surface area contributed by atoms with Crippen molar-refractivity contribution < 1.29 is 9.90 Å². The van der Waals surface area contributed by atoms with Crippen LogP contribution in [-0.2, 0) is 0 Å². The molecule has 2 heterocycles. The Labute approximate surface area is 126 Å². The van der Waals surface area contributed by atoms with Crippen molar-refractivity contribution in [2.75, 3.05) is 13.1 Å². The third kappa shape index (κ3) is 3.65. The van der Waals surface area contributed by atoms with Crippen LogP contribution >= 0.6 is 22.7 Å². The van der Waals surface area contributed by atoms with Gasteiger partial charge < -0.3 is 10.0 Å². The number of thiophene rings is 1. The molecule has 2 rings (SSSR count). The fraction of sp³-hybridized carbons (Fsp3) is 0.429. The van der Waals surface area contributed by atoms with Crippen molar-refractivity contribution in [2.24, 2.45) is 0 Å². The molecule has 0 bridgehead atoms. The van der Waals surface area contributed by atoms with E-state index in [2.05, 4.69) is 4.98 Å². The first kappa shape index (κ1) is 15.2. The lowest BCUT2D eigenvalue weighted by Crippen LogP contribution is -2.41. The maximum absolute atomic E-state index is 12.4. The van der Waals surface area contributed by atoms with E-state index in [0.29, 0.717) is 18.0 Å². The van der Waals surface area contributed by atoms with E-state index < -0.39 is 5.60 Å². The molecular weight excluding hydrogens is 292 g/mol. The highest BCUT2D eigenvalue weighted by atomic mass is 32.1. The van der Waals surface area contributed by atoms with Gasteiger partial charge in [-0.2, -0.15) is 0 Å². The van der Waals surface area contributed by atoms with Crippen molar-refractivity contribution in [1.82, 2.24) is 9.88 Å². The fourth-order valence-electron chi connectivity index (χ4n) is 1.84. The molecule has 0 aromatic carbocycles. The minimum Gasteiger partial charge on any atom is -0.389 e. The van der Waals surface area contributed by atoms with Crippen LogP contribution in [0.3, 0.4) is 0 Å². The van der Waals surface area contributed by atoms with E-state index >= 15 is 0 Å². The van der Waals surface area contributed by atoms with Crippen LogP contribution < -0.4 is 0 Å². The van der Waals surface area contributed by atoms with Crippen LogP contribution in [0.25, 0.3) is 9.88 Å². The van der Waals surface area contributed by atoms with Crippen LogP contribution in [0.5, 0.6) is 0 Å². The number of aliphatic hydroxyl groups is 1. The summed E-state index contributed by atoms with van der Waals surface area (Å²) in [7, 11) is 0. The number of nitrogens with zero attached hydrogens (tertiary/aromatic N) is 2. The Kier molecular flexibility index (Phi) is 4.57. The highest BCUT2D eigenvalue weighted by Gasteiger charge is 2.23. The number of hydrogen-bond donors (Lipinski definition) is 1. The van der Waals surface area contributed by atoms with Crippen molar-refractivity contribution in [3.63, 3.8) is 0 Å². The number of thiazole rings is 1. The van der Waals surface area contributed by atoms with Gasteiger partial charge in [0.05, 0.1) is 16.7 Å². The van der Waals surface area contributed by atoms with Gasteiger partial charge in [0.25, 0.3) is 5.91 Å². The van der Waals surface area contributed by atoms with Crippen LogP contribution in [0.4, 0.5) is 0 Å². The van der Waals surface area contributed by atoms with Gasteiger partial charge in [-0.1, -0.05) is 6.07 Å². The van der Waals surface area contributed by atoms with Gasteiger partial charge in [-0.15, -0.1) is 22.7 Å². The number of likely N-dealkylation sites (N-methyl/N-ethyl adjacent to an activating group) is 1. The second-order valence-electron chi connectivity index (χ2n) is 5.14. The molecule has 0 atom stereocenters. The van der Waals surface area contributed by atoms with E-state index in [1.807, 2.05) is 24.4 Å².